The van der Waals surface area contributed by atoms with E-state index in [4.69, 9.17) is 10.8 Å². The SMILES string of the molecule is CCCCCCCCCC(=O)CSCC[C@H](N)C(=O)O. The number of carbonyl (C=O) groups is 2. The van der Waals surface area contributed by atoms with Crippen LogP contribution in [0, 0.1) is 0 Å². The van der Waals surface area contributed by atoms with E-state index in [2.05, 4.69) is 6.92 Å². The van der Waals surface area contributed by atoms with Crippen LogP contribution < -0.4 is 5.73 Å². The molecule has 0 aliphatic carbocycles. The molecule has 0 aromatic heterocycles. The maximum atomic E-state index is 11.6. The lowest BCUT2D eigenvalue weighted by molar-refractivity contribution is -0.138. The van der Waals surface area contributed by atoms with Crippen LogP contribution in [0.25, 0.3) is 0 Å². The van der Waals surface area contributed by atoms with E-state index in [9.17, 15) is 9.59 Å². The van der Waals surface area contributed by atoms with Gasteiger partial charge in [0, 0.05) is 6.42 Å². The summed E-state index contributed by atoms with van der Waals surface area (Å²) >= 11 is 1.49. The van der Waals surface area contributed by atoms with E-state index in [1.807, 2.05) is 0 Å². The Labute approximate surface area is 126 Å². The molecule has 0 unspecified atom stereocenters. The van der Waals surface area contributed by atoms with Crippen molar-refractivity contribution in [2.75, 3.05) is 11.5 Å². The fraction of sp³-hybridized carbons (Fsp3) is 0.867. The van der Waals surface area contributed by atoms with Crippen LogP contribution in [0.1, 0.15) is 64.7 Å². The zero-order chi connectivity index (χ0) is 15.2. The molecule has 5 heteroatoms. The smallest absolute Gasteiger partial charge is 0.320 e. The molecule has 0 aliphatic heterocycles. The number of carboxylic acid groups (broad SMARTS) is 1. The number of hydrogen-bond donors (Lipinski definition) is 2. The number of rotatable bonds is 14. The number of ketones is 1. The Morgan fingerprint density at radius 2 is 1.70 bits per heavy atom. The molecule has 0 saturated heterocycles. The normalized spacial score (nSPS) is 12.3. The van der Waals surface area contributed by atoms with Crippen LogP contribution in [0.2, 0.25) is 0 Å². The lowest BCUT2D eigenvalue weighted by Gasteiger charge is -2.05. The van der Waals surface area contributed by atoms with Gasteiger partial charge in [0.25, 0.3) is 0 Å². The molecule has 20 heavy (non-hydrogen) atoms. The fourth-order valence-electron chi connectivity index (χ4n) is 1.87. The van der Waals surface area contributed by atoms with Gasteiger partial charge in [-0.1, -0.05) is 45.4 Å². The second kappa shape index (κ2) is 13.4. The first-order valence-electron chi connectivity index (χ1n) is 7.65. The predicted octanol–water partition coefficient (Wildman–Crippen LogP) is 3.23. The summed E-state index contributed by atoms with van der Waals surface area (Å²) in [4.78, 5) is 22.1. The largest absolute Gasteiger partial charge is 0.480 e. The number of Topliss-reactive ketones (excluding diaryl/α,β-unsaturated/α-hetero) is 1. The van der Waals surface area contributed by atoms with Gasteiger partial charge in [0.1, 0.15) is 11.8 Å². The molecular formula is C15H29NO3S. The van der Waals surface area contributed by atoms with Crippen molar-refractivity contribution in [1.29, 1.82) is 0 Å². The number of thioether (sulfide) groups is 1. The van der Waals surface area contributed by atoms with Crippen LogP contribution in [0.3, 0.4) is 0 Å². The van der Waals surface area contributed by atoms with Crippen molar-refractivity contribution in [1.82, 2.24) is 0 Å². The quantitative estimate of drug-likeness (QED) is 0.482. The molecule has 1 atom stereocenters. The Hall–Kier alpha value is -0.550. The lowest BCUT2D eigenvalue weighted by atomic mass is 10.1. The third kappa shape index (κ3) is 12.5. The Kier molecular flexibility index (Phi) is 13.1. The highest BCUT2D eigenvalue weighted by atomic mass is 32.2. The third-order valence-electron chi connectivity index (χ3n) is 3.21. The number of nitrogens with two attached hydrogens (primary N) is 1. The van der Waals surface area contributed by atoms with Crippen molar-refractivity contribution in [2.24, 2.45) is 5.73 Å². The van der Waals surface area contributed by atoms with Crippen LogP contribution >= 0.6 is 11.8 Å². The maximum absolute atomic E-state index is 11.6. The summed E-state index contributed by atoms with van der Waals surface area (Å²) < 4.78 is 0. The summed E-state index contributed by atoms with van der Waals surface area (Å²) in [7, 11) is 0. The van der Waals surface area contributed by atoms with Gasteiger partial charge in [-0.15, -0.1) is 0 Å². The van der Waals surface area contributed by atoms with Crippen LogP contribution in [-0.2, 0) is 9.59 Å². The van der Waals surface area contributed by atoms with Crippen LogP contribution in [-0.4, -0.2) is 34.4 Å². The van der Waals surface area contributed by atoms with Crippen LogP contribution in [0.5, 0.6) is 0 Å². The number of carbonyl (C=O) groups excluding carboxylic acids is 1. The molecule has 0 bridgehead atoms. The van der Waals surface area contributed by atoms with Gasteiger partial charge in [-0.3, -0.25) is 9.59 Å². The summed E-state index contributed by atoms with van der Waals surface area (Å²) in [5.41, 5.74) is 5.38. The zero-order valence-corrected chi connectivity index (χ0v) is 13.4. The van der Waals surface area contributed by atoms with E-state index in [1.54, 1.807) is 0 Å². The summed E-state index contributed by atoms with van der Waals surface area (Å²) in [6, 6.07) is -0.805. The Morgan fingerprint density at radius 1 is 1.10 bits per heavy atom. The molecule has 0 heterocycles. The average Bonchev–Trinajstić information content (AvgIpc) is 2.42. The fourth-order valence-corrected chi connectivity index (χ4v) is 2.81. The van der Waals surface area contributed by atoms with Gasteiger partial charge in [0.15, 0.2) is 0 Å². The molecule has 118 valence electrons. The summed E-state index contributed by atoms with van der Waals surface area (Å²) in [6.07, 6.45) is 9.61. The van der Waals surface area contributed by atoms with Crippen molar-refractivity contribution in [3.8, 4) is 0 Å². The zero-order valence-electron chi connectivity index (χ0n) is 12.6. The van der Waals surface area contributed by atoms with E-state index < -0.39 is 12.0 Å². The highest BCUT2D eigenvalue weighted by Crippen LogP contribution is 2.11. The van der Waals surface area contributed by atoms with Gasteiger partial charge in [0.05, 0.1) is 5.75 Å². The van der Waals surface area contributed by atoms with Crippen LogP contribution in [0.15, 0.2) is 0 Å². The van der Waals surface area contributed by atoms with E-state index >= 15 is 0 Å². The summed E-state index contributed by atoms with van der Waals surface area (Å²) in [5, 5.41) is 8.61. The van der Waals surface area contributed by atoms with Crippen molar-refractivity contribution in [3.63, 3.8) is 0 Å². The summed E-state index contributed by atoms with van der Waals surface area (Å²) in [6.45, 7) is 2.21. The topological polar surface area (TPSA) is 80.4 Å². The van der Waals surface area contributed by atoms with Gasteiger partial charge >= 0.3 is 5.97 Å². The minimum atomic E-state index is -0.972. The van der Waals surface area contributed by atoms with Gasteiger partial charge in [-0.05, 0) is 18.6 Å². The van der Waals surface area contributed by atoms with Crippen molar-refractivity contribution in [2.45, 2.75) is 70.8 Å². The molecule has 0 amide bonds. The van der Waals surface area contributed by atoms with Crippen molar-refractivity contribution < 1.29 is 14.7 Å². The number of unbranched alkanes of at least 4 members (excludes halogenated alkanes) is 6. The first-order chi connectivity index (χ1) is 9.57. The van der Waals surface area contributed by atoms with Gasteiger partial charge < -0.3 is 10.8 Å². The highest BCUT2D eigenvalue weighted by Gasteiger charge is 2.11. The van der Waals surface area contributed by atoms with Gasteiger partial charge in [0.2, 0.25) is 0 Å². The lowest BCUT2D eigenvalue weighted by Crippen LogP contribution is -2.30. The van der Waals surface area contributed by atoms with Gasteiger partial charge in [-0.2, -0.15) is 11.8 Å². The molecule has 3 N–H and O–H groups in total. The van der Waals surface area contributed by atoms with E-state index in [1.165, 1.54) is 43.9 Å². The third-order valence-corrected chi connectivity index (χ3v) is 4.26. The van der Waals surface area contributed by atoms with E-state index in [0.29, 0.717) is 24.3 Å². The maximum Gasteiger partial charge on any atom is 0.320 e. The van der Waals surface area contributed by atoms with Crippen LogP contribution in [0.4, 0.5) is 0 Å². The number of aliphatic carboxylic acids is 1. The summed E-state index contributed by atoms with van der Waals surface area (Å²) in [5.74, 6) is 0.422. The predicted molar refractivity (Wildman–Crippen MR) is 85.2 cm³/mol. The second-order valence-electron chi connectivity index (χ2n) is 5.20. The average molecular weight is 303 g/mol. The molecule has 4 nitrogen and oxygen atoms in total. The Bertz CT molecular complexity index is 272. The molecule has 0 rings (SSSR count). The Balaban J connectivity index is 3.31. The van der Waals surface area contributed by atoms with E-state index in [-0.39, 0.29) is 5.78 Å². The number of carboxylic acids is 1. The minimum Gasteiger partial charge on any atom is -0.480 e. The van der Waals surface area contributed by atoms with Crippen molar-refractivity contribution in [3.05, 3.63) is 0 Å². The second-order valence-corrected chi connectivity index (χ2v) is 6.30. The highest BCUT2D eigenvalue weighted by molar-refractivity contribution is 7.99. The number of hydrogen-bond acceptors (Lipinski definition) is 4. The van der Waals surface area contributed by atoms with Gasteiger partial charge in [-0.25, -0.2) is 0 Å². The van der Waals surface area contributed by atoms with Crippen molar-refractivity contribution >= 4 is 23.5 Å². The molecule has 0 radical (unpaired) electrons. The molecule has 0 aromatic rings. The minimum absolute atomic E-state index is 0.271. The molecule has 0 aliphatic rings. The Morgan fingerprint density at radius 3 is 2.30 bits per heavy atom. The van der Waals surface area contributed by atoms with E-state index in [0.717, 1.165) is 12.8 Å². The molecule has 0 saturated carbocycles. The molecule has 0 spiro atoms. The molecule has 0 fully saturated rings. The molecule has 0 aromatic carbocycles. The first-order valence-corrected chi connectivity index (χ1v) is 8.81. The monoisotopic (exact) mass is 303 g/mol. The standard InChI is InChI=1S/C15H29NO3S/c1-2-3-4-5-6-7-8-9-13(17)12-20-11-10-14(16)15(18)19/h14H,2-12,16H2,1H3,(H,18,19)/t14-/m0/s1. The molecular weight excluding hydrogens is 274 g/mol. The first kappa shape index (κ1) is 19.4.